The second-order valence-corrected chi connectivity index (χ2v) is 7.36. The Kier molecular flexibility index (Phi) is 5.68. The van der Waals surface area contributed by atoms with E-state index in [9.17, 15) is 14.7 Å². The molecule has 32 heavy (non-hydrogen) atoms. The predicted octanol–water partition coefficient (Wildman–Crippen LogP) is 3.15. The Morgan fingerprint density at radius 2 is 1.84 bits per heavy atom. The van der Waals surface area contributed by atoms with Crippen molar-refractivity contribution in [3.8, 4) is 17.4 Å². The fraction of sp³-hybridized carbons (Fsp3) is 0.208. The first kappa shape index (κ1) is 21.2. The number of methoxy groups -OCH3 is 2. The average molecular weight is 433 g/mol. The van der Waals surface area contributed by atoms with Gasteiger partial charge in [-0.1, -0.05) is 24.3 Å². The number of aryl methyl sites for hydroxylation is 1. The second-order valence-electron chi connectivity index (χ2n) is 7.36. The Morgan fingerprint density at radius 3 is 2.59 bits per heavy atom. The molecule has 0 spiro atoms. The number of aromatic hydroxyl groups is 1. The highest BCUT2D eigenvalue weighted by molar-refractivity contribution is 6.31. The topological polar surface area (TPSA) is 106 Å². The number of aromatic nitrogens is 2. The van der Waals surface area contributed by atoms with Crippen molar-refractivity contribution in [3.63, 3.8) is 0 Å². The minimum absolute atomic E-state index is 0.0122. The maximum Gasteiger partial charge on any atom is 0.331 e. The molecule has 0 radical (unpaired) electrons. The summed E-state index contributed by atoms with van der Waals surface area (Å²) >= 11 is 0. The zero-order valence-electron chi connectivity index (χ0n) is 18.0. The van der Waals surface area contributed by atoms with Crippen molar-refractivity contribution >= 4 is 23.0 Å². The standard InChI is InChI=1S/C24H23N3O5/c1-14-17(16-6-4-5-7-19(16)25-14)13-18-22(28)26-24(30)27(23(18)29)11-10-15-8-9-20(31-2)21(12-15)32-3/h4-9,12-13,29H,10-11H2,1-3H3,(H,26,28,30)/b17-13+. The number of allylic oxidation sites excluding steroid dienone is 1. The van der Waals surface area contributed by atoms with Crippen LogP contribution in [0.25, 0.3) is 11.6 Å². The summed E-state index contributed by atoms with van der Waals surface area (Å²) in [4.78, 5) is 31.7. The summed E-state index contributed by atoms with van der Waals surface area (Å²) in [5, 5.41) is 10.8. The van der Waals surface area contributed by atoms with Gasteiger partial charge in [-0.2, -0.15) is 0 Å². The lowest BCUT2D eigenvalue weighted by molar-refractivity contribution is 0.354. The average Bonchev–Trinajstić information content (AvgIpc) is 3.10. The van der Waals surface area contributed by atoms with Crippen molar-refractivity contribution < 1.29 is 14.6 Å². The molecule has 8 nitrogen and oxygen atoms in total. The van der Waals surface area contributed by atoms with Crippen molar-refractivity contribution in [2.24, 2.45) is 4.99 Å². The number of aromatic amines is 1. The van der Waals surface area contributed by atoms with Crippen molar-refractivity contribution in [2.75, 3.05) is 14.2 Å². The van der Waals surface area contributed by atoms with Gasteiger partial charge in [0, 0.05) is 23.4 Å². The summed E-state index contributed by atoms with van der Waals surface area (Å²) in [5.74, 6) is 0.787. The fourth-order valence-electron chi connectivity index (χ4n) is 3.75. The van der Waals surface area contributed by atoms with Crippen LogP contribution in [0.2, 0.25) is 0 Å². The van der Waals surface area contributed by atoms with Crippen LogP contribution in [0.5, 0.6) is 17.4 Å². The number of benzene rings is 2. The molecule has 0 fully saturated rings. The predicted molar refractivity (Wildman–Crippen MR) is 123 cm³/mol. The maximum absolute atomic E-state index is 12.5. The quantitative estimate of drug-likeness (QED) is 0.621. The molecular formula is C24H23N3O5. The fourth-order valence-corrected chi connectivity index (χ4v) is 3.75. The molecule has 2 aromatic carbocycles. The number of nitrogens with zero attached hydrogens (tertiary/aromatic N) is 2. The van der Waals surface area contributed by atoms with E-state index in [1.807, 2.05) is 43.3 Å². The highest BCUT2D eigenvalue weighted by Crippen LogP contribution is 2.36. The molecule has 0 saturated carbocycles. The normalized spacial score (nSPS) is 13.7. The number of nitrogens with one attached hydrogen (secondary N) is 1. The van der Waals surface area contributed by atoms with Crippen LogP contribution in [0.4, 0.5) is 5.69 Å². The van der Waals surface area contributed by atoms with Crippen LogP contribution in [-0.4, -0.2) is 34.6 Å². The van der Waals surface area contributed by atoms with E-state index in [-0.39, 0.29) is 18.0 Å². The number of fused-ring (bicyclic) bond motifs is 1. The molecule has 1 aromatic heterocycles. The second kappa shape index (κ2) is 8.58. The molecule has 0 saturated heterocycles. The Balaban J connectivity index is 1.69. The zero-order chi connectivity index (χ0) is 22.8. The molecule has 2 heterocycles. The van der Waals surface area contributed by atoms with E-state index in [1.165, 1.54) is 0 Å². The molecule has 2 N–H and O–H groups in total. The molecule has 0 bridgehead atoms. The monoisotopic (exact) mass is 433 g/mol. The van der Waals surface area contributed by atoms with Gasteiger partial charge in [-0.25, -0.2) is 4.79 Å². The SMILES string of the molecule is COc1ccc(CCn2c(O)c(/C=C3\C(C)=Nc4ccccc43)c(=O)[nH]c2=O)cc1OC. The smallest absolute Gasteiger partial charge is 0.331 e. The van der Waals surface area contributed by atoms with Crippen LogP contribution < -0.4 is 20.7 Å². The summed E-state index contributed by atoms with van der Waals surface area (Å²) < 4.78 is 11.7. The van der Waals surface area contributed by atoms with Gasteiger partial charge in [-0.15, -0.1) is 0 Å². The summed E-state index contributed by atoms with van der Waals surface area (Å²) in [5.41, 5.74) is 2.69. The molecule has 1 aliphatic rings. The van der Waals surface area contributed by atoms with Gasteiger partial charge in [0.15, 0.2) is 11.5 Å². The van der Waals surface area contributed by atoms with Crippen LogP contribution >= 0.6 is 0 Å². The number of ether oxygens (including phenoxy) is 2. The van der Waals surface area contributed by atoms with Gasteiger partial charge < -0.3 is 14.6 Å². The first-order valence-electron chi connectivity index (χ1n) is 10.1. The van der Waals surface area contributed by atoms with Crippen LogP contribution in [0, 0.1) is 0 Å². The number of para-hydroxylation sites is 1. The molecule has 0 unspecified atom stereocenters. The zero-order valence-corrected chi connectivity index (χ0v) is 18.0. The molecule has 0 aliphatic carbocycles. The highest BCUT2D eigenvalue weighted by Gasteiger charge is 2.20. The van der Waals surface area contributed by atoms with Crippen LogP contribution in [0.15, 0.2) is 57.0 Å². The molecular weight excluding hydrogens is 410 g/mol. The lowest BCUT2D eigenvalue weighted by atomic mass is 10.0. The Morgan fingerprint density at radius 1 is 1.09 bits per heavy atom. The van der Waals surface area contributed by atoms with Crippen molar-refractivity contribution in [1.29, 1.82) is 0 Å². The molecule has 0 amide bonds. The van der Waals surface area contributed by atoms with Crippen molar-refractivity contribution in [3.05, 3.63) is 80.0 Å². The minimum Gasteiger partial charge on any atom is -0.494 e. The summed E-state index contributed by atoms with van der Waals surface area (Å²) in [6.07, 6.45) is 2.00. The Hall–Kier alpha value is -4.07. The molecule has 8 heteroatoms. The number of aliphatic imine (C=N–C) groups is 1. The van der Waals surface area contributed by atoms with E-state index in [0.717, 1.165) is 32.7 Å². The van der Waals surface area contributed by atoms with Gasteiger partial charge in [-0.05, 0) is 43.2 Å². The lowest BCUT2D eigenvalue weighted by Gasteiger charge is -2.12. The van der Waals surface area contributed by atoms with E-state index in [0.29, 0.717) is 17.9 Å². The molecule has 164 valence electrons. The van der Waals surface area contributed by atoms with Gasteiger partial charge in [0.2, 0.25) is 5.88 Å². The van der Waals surface area contributed by atoms with Crippen molar-refractivity contribution in [1.82, 2.24) is 9.55 Å². The summed E-state index contributed by atoms with van der Waals surface area (Å²) in [6.45, 7) is 2.00. The number of rotatable bonds is 6. The van der Waals surface area contributed by atoms with Gasteiger partial charge >= 0.3 is 5.69 Å². The van der Waals surface area contributed by atoms with E-state index < -0.39 is 11.2 Å². The van der Waals surface area contributed by atoms with E-state index in [1.54, 1.807) is 26.4 Å². The van der Waals surface area contributed by atoms with Gasteiger partial charge in [0.25, 0.3) is 5.56 Å². The van der Waals surface area contributed by atoms with E-state index in [4.69, 9.17) is 9.47 Å². The number of hydrogen-bond acceptors (Lipinski definition) is 6. The van der Waals surface area contributed by atoms with Gasteiger partial charge in [0.1, 0.15) is 5.56 Å². The maximum atomic E-state index is 12.5. The van der Waals surface area contributed by atoms with Crippen LogP contribution in [0.1, 0.15) is 23.6 Å². The largest absolute Gasteiger partial charge is 0.494 e. The first-order valence-corrected chi connectivity index (χ1v) is 10.1. The number of H-pyrrole nitrogens is 1. The third kappa shape index (κ3) is 3.82. The van der Waals surface area contributed by atoms with Crippen molar-refractivity contribution in [2.45, 2.75) is 19.9 Å². The summed E-state index contributed by atoms with van der Waals surface area (Å²) in [7, 11) is 3.10. The summed E-state index contributed by atoms with van der Waals surface area (Å²) in [6, 6.07) is 13.0. The third-order valence-electron chi connectivity index (χ3n) is 5.44. The number of hydrogen-bond donors (Lipinski definition) is 2. The molecule has 4 rings (SSSR count). The van der Waals surface area contributed by atoms with Crippen LogP contribution in [-0.2, 0) is 13.0 Å². The van der Waals surface area contributed by atoms with Gasteiger partial charge in [-0.3, -0.25) is 19.3 Å². The molecule has 3 aromatic rings. The Bertz CT molecular complexity index is 1360. The van der Waals surface area contributed by atoms with Crippen LogP contribution in [0.3, 0.4) is 0 Å². The molecule has 1 aliphatic heterocycles. The minimum atomic E-state index is -0.674. The lowest BCUT2D eigenvalue weighted by Crippen LogP contribution is -2.32. The molecule has 0 atom stereocenters. The van der Waals surface area contributed by atoms with Gasteiger partial charge in [0.05, 0.1) is 19.9 Å². The highest BCUT2D eigenvalue weighted by atomic mass is 16.5. The van der Waals surface area contributed by atoms with E-state index >= 15 is 0 Å². The van der Waals surface area contributed by atoms with E-state index in [2.05, 4.69) is 9.98 Å². The first-order chi connectivity index (χ1) is 15.4. The Labute approximate surface area is 184 Å². The third-order valence-corrected chi connectivity index (χ3v) is 5.44.